The quantitative estimate of drug-likeness (QED) is 0.782. The molecular weight excluding hydrogens is 212 g/mol. The van der Waals surface area contributed by atoms with E-state index in [-0.39, 0.29) is 5.69 Å². The summed E-state index contributed by atoms with van der Waals surface area (Å²) < 4.78 is 0. The maximum Gasteiger partial charge on any atom is 0.355 e. The fourth-order valence-corrected chi connectivity index (χ4v) is 2.24. The molecule has 1 N–H and O–H groups in total. The normalized spacial score (nSPS) is 16.0. The van der Waals surface area contributed by atoms with Gasteiger partial charge in [-0.15, -0.1) is 11.3 Å². The SMILES string of the molecule is O=C(O)c1csc(CCN2CC=CC2)n1. The molecule has 4 nitrogen and oxygen atoms in total. The molecule has 0 unspecified atom stereocenters. The van der Waals surface area contributed by atoms with Gasteiger partial charge in [-0.1, -0.05) is 12.2 Å². The van der Waals surface area contributed by atoms with Crippen molar-refractivity contribution in [3.8, 4) is 0 Å². The molecule has 0 fully saturated rings. The summed E-state index contributed by atoms with van der Waals surface area (Å²) in [7, 11) is 0. The first-order valence-corrected chi connectivity index (χ1v) is 5.69. The molecule has 0 amide bonds. The van der Waals surface area contributed by atoms with Crippen LogP contribution in [-0.2, 0) is 6.42 Å². The molecule has 0 saturated heterocycles. The van der Waals surface area contributed by atoms with E-state index < -0.39 is 5.97 Å². The van der Waals surface area contributed by atoms with Gasteiger partial charge in [0.1, 0.15) is 0 Å². The molecule has 5 heteroatoms. The van der Waals surface area contributed by atoms with Gasteiger partial charge in [0.15, 0.2) is 5.69 Å². The van der Waals surface area contributed by atoms with E-state index in [0.29, 0.717) is 0 Å². The Bertz CT molecular complexity index is 379. The summed E-state index contributed by atoms with van der Waals surface area (Å²) in [5, 5.41) is 11.2. The molecule has 0 bridgehead atoms. The predicted octanol–water partition coefficient (Wildman–Crippen LogP) is 1.26. The largest absolute Gasteiger partial charge is 0.476 e. The van der Waals surface area contributed by atoms with Gasteiger partial charge >= 0.3 is 5.97 Å². The molecule has 2 rings (SSSR count). The molecule has 0 radical (unpaired) electrons. The number of nitrogens with zero attached hydrogens (tertiary/aromatic N) is 2. The Morgan fingerprint density at radius 3 is 2.87 bits per heavy atom. The van der Waals surface area contributed by atoms with Gasteiger partial charge in [0, 0.05) is 31.4 Å². The third-order valence-electron chi connectivity index (χ3n) is 2.31. The molecule has 1 aromatic heterocycles. The Morgan fingerprint density at radius 2 is 2.27 bits per heavy atom. The lowest BCUT2D eigenvalue weighted by molar-refractivity contribution is 0.0691. The lowest BCUT2D eigenvalue weighted by Gasteiger charge is -2.12. The van der Waals surface area contributed by atoms with E-state index in [0.717, 1.165) is 31.1 Å². The van der Waals surface area contributed by atoms with Crippen molar-refractivity contribution >= 4 is 17.3 Å². The van der Waals surface area contributed by atoms with Gasteiger partial charge in [-0.2, -0.15) is 0 Å². The van der Waals surface area contributed by atoms with Crippen molar-refractivity contribution in [3.63, 3.8) is 0 Å². The van der Waals surface area contributed by atoms with Gasteiger partial charge in [0.05, 0.1) is 5.01 Å². The average Bonchev–Trinajstić information content (AvgIpc) is 2.86. The van der Waals surface area contributed by atoms with E-state index in [9.17, 15) is 4.79 Å². The highest BCUT2D eigenvalue weighted by atomic mass is 32.1. The summed E-state index contributed by atoms with van der Waals surface area (Å²) in [6.45, 7) is 2.94. The highest BCUT2D eigenvalue weighted by Gasteiger charge is 2.10. The molecule has 1 aliphatic rings. The first-order chi connectivity index (χ1) is 7.25. The van der Waals surface area contributed by atoms with Crippen molar-refractivity contribution in [2.75, 3.05) is 19.6 Å². The highest BCUT2D eigenvalue weighted by Crippen LogP contribution is 2.11. The second-order valence-corrected chi connectivity index (χ2v) is 4.36. The van der Waals surface area contributed by atoms with Crippen molar-refractivity contribution in [1.82, 2.24) is 9.88 Å². The minimum atomic E-state index is -0.944. The van der Waals surface area contributed by atoms with E-state index >= 15 is 0 Å². The third kappa shape index (κ3) is 2.64. The van der Waals surface area contributed by atoms with E-state index in [1.165, 1.54) is 11.3 Å². The second-order valence-electron chi connectivity index (χ2n) is 3.41. The van der Waals surface area contributed by atoms with Crippen LogP contribution in [0.2, 0.25) is 0 Å². The fraction of sp³-hybridized carbons (Fsp3) is 0.400. The number of thiazole rings is 1. The van der Waals surface area contributed by atoms with Crippen molar-refractivity contribution in [2.24, 2.45) is 0 Å². The zero-order valence-electron chi connectivity index (χ0n) is 8.22. The van der Waals surface area contributed by atoms with Gasteiger partial charge in [0.25, 0.3) is 0 Å². The van der Waals surface area contributed by atoms with Crippen LogP contribution in [0.25, 0.3) is 0 Å². The molecule has 0 saturated carbocycles. The number of aromatic carboxylic acids is 1. The summed E-state index contributed by atoms with van der Waals surface area (Å²) in [5.74, 6) is -0.944. The zero-order chi connectivity index (χ0) is 10.7. The van der Waals surface area contributed by atoms with Crippen LogP contribution in [-0.4, -0.2) is 40.6 Å². The Balaban J connectivity index is 1.85. The fourth-order valence-electron chi connectivity index (χ4n) is 1.48. The Labute approximate surface area is 91.9 Å². The standard InChI is InChI=1S/C10H12N2O2S/c13-10(14)8-7-15-9(11-8)3-6-12-4-1-2-5-12/h1-2,7H,3-6H2,(H,13,14). The van der Waals surface area contributed by atoms with E-state index in [1.54, 1.807) is 5.38 Å². The smallest absolute Gasteiger partial charge is 0.355 e. The van der Waals surface area contributed by atoms with Crippen molar-refractivity contribution in [1.29, 1.82) is 0 Å². The van der Waals surface area contributed by atoms with Gasteiger partial charge in [0.2, 0.25) is 0 Å². The summed E-state index contributed by atoms with van der Waals surface area (Å²) in [6.07, 6.45) is 5.12. The second kappa shape index (κ2) is 4.55. The number of carboxylic acids is 1. The van der Waals surface area contributed by atoms with Crippen molar-refractivity contribution in [3.05, 3.63) is 28.2 Å². The molecule has 15 heavy (non-hydrogen) atoms. The molecule has 0 atom stereocenters. The van der Waals surface area contributed by atoms with Crippen molar-refractivity contribution < 1.29 is 9.90 Å². The highest BCUT2D eigenvalue weighted by molar-refractivity contribution is 7.09. The monoisotopic (exact) mass is 224 g/mol. The first-order valence-electron chi connectivity index (χ1n) is 4.81. The zero-order valence-corrected chi connectivity index (χ0v) is 9.04. The van der Waals surface area contributed by atoms with Crippen molar-refractivity contribution in [2.45, 2.75) is 6.42 Å². The molecular formula is C10H12N2O2S. The van der Waals surface area contributed by atoms with Gasteiger partial charge in [-0.3, -0.25) is 4.90 Å². The average molecular weight is 224 g/mol. The molecule has 80 valence electrons. The maximum absolute atomic E-state index is 10.6. The number of hydrogen-bond donors (Lipinski definition) is 1. The molecule has 0 spiro atoms. The number of rotatable bonds is 4. The Kier molecular flexibility index (Phi) is 3.13. The molecule has 2 heterocycles. The Morgan fingerprint density at radius 1 is 1.53 bits per heavy atom. The topological polar surface area (TPSA) is 53.4 Å². The van der Waals surface area contributed by atoms with Gasteiger partial charge in [-0.05, 0) is 0 Å². The number of hydrogen-bond acceptors (Lipinski definition) is 4. The van der Waals surface area contributed by atoms with Crippen LogP contribution in [0, 0.1) is 0 Å². The van der Waals surface area contributed by atoms with Crippen LogP contribution in [0.3, 0.4) is 0 Å². The summed E-state index contributed by atoms with van der Waals surface area (Å²) in [4.78, 5) is 16.9. The van der Waals surface area contributed by atoms with Crippen LogP contribution in [0.1, 0.15) is 15.5 Å². The van der Waals surface area contributed by atoms with Crippen LogP contribution < -0.4 is 0 Å². The number of carbonyl (C=O) groups is 1. The Hall–Kier alpha value is -1.20. The summed E-state index contributed by atoms with van der Waals surface area (Å²) in [6, 6.07) is 0. The van der Waals surface area contributed by atoms with Crippen LogP contribution in [0.4, 0.5) is 0 Å². The molecule has 1 aromatic rings. The van der Waals surface area contributed by atoms with Crippen LogP contribution in [0.15, 0.2) is 17.5 Å². The lowest BCUT2D eigenvalue weighted by Crippen LogP contribution is -2.22. The predicted molar refractivity (Wildman–Crippen MR) is 58.4 cm³/mol. The lowest BCUT2D eigenvalue weighted by atomic mass is 10.4. The molecule has 0 aliphatic carbocycles. The van der Waals surface area contributed by atoms with E-state index in [4.69, 9.17) is 5.11 Å². The van der Waals surface area contributed by atoms with E-state index in [2.05, 4.69) is 22.0 Å². The van der Waals surface area contributed by atoms with Gasteiger partial charge in [-0.25, -0.2) is 9.78 Å². The number of carboxylic acid groups (broad SMARTS) is 1. The summed E-state index contributed by atoms with van der Waals surface area (Å²) >= 11 is 1.42. The van der Waals surface area contributed by atoms with Crippen LogP contribution in [0.5, 0.6) is 0 Å². The minimum Gasteiger partial charge on any atom is -0.476 e. The van der Waals surface area contributed by atoms with Gasteiger partial charge < -0.3 is 5.11 Å². The number of aromatic nitrogens is 1. The minimum absolute atomic E-state index is 0.162. The van der Waals surface area contributed by atoms with E-state index in [1.807, 2.05) is 0 Å². The molecule has 1 aliphatic heterocycles. The van der Waals surface area contributed by atoms with Crippen LogP contribution >= 0.6 is 11.3 Å². The third-order valence-corrected chi connectivity index (χ3v) is 3.22. The maximum atomic E-state index is 10.6. The molecule has 0 aromatic carbocycles. The summed E-state index contributed by atoms with van der Waals surface area (Å²) in [5.41, 5.74) is 0.162. The first kappa shape index (κ1) is 10.3.